The summed E-state index contributed by atoms with van der Waals surface area (Å²) in [5.41, 5.74) is 0. The minimum absolute atomic E-state index is 0.0789. The van der Waals surface area contributed by atoms with Gasteiger partial charge in [0.05, 0.1) is 9.68 Å². The molecule has 6 heteroatoms. The average molecular weight is 266 g/mol. The third-order valence-corrected chi connectivity index (χ3v) is 25.2. The Hall–Kier alpha value is 0.788. The number of hydrogen-bond donors (Lipinski definition) is 0. The van der Waals surface area contributed by atoms with Crippen molar-refractivity contribution in [3.63, 3.8) is 0 Å². The van der Waals surface area contributed by atoms with Crippen LogP contribution in [0.4, 0.5) is 0 Å². The molecule has 0 heterocycles. The van der Waals surface area contributed by atoms with Crippen LogP contribution in [-0.2, 0) is 0 Å². The molecule has 0 aromatic carbocycles. The molecule has 0 aliphatic rings. The van der Waals surface area contributed by atoms with E-state index in [1.54, 1.807) is 0 Å². The molecule has 86 valence electrons. The molecular formula is C8H29N2Si4+. The van der Waals surface area contributed by atoms with Gasteiger partial charge in [0.25, 0.3) is 0 Å². The number of hydrogen-bond acceptors (Lipinski definition) is 1. The molecule has 0 atom stereocenters. The highest BCUT2D eigenvalue weighted by molar-refractivity contribution is 7.20. The van der Waals surface area contributed by atoms with E-state index < -0.39 is 7.75 Å². The largest absolute Gasteiger partial charge is 0.459 e. The molecule has 14 heavy (non-hydrogen) atoms. The van der Waals surface area contributed by atoms with Gasteiger partial charge in [-0.3, -0.25) is 0 Å². The molecule has 0 rings (SSSR count). The molecule has 0 radical (unpaired) electrons. The summed E-state index contributed by atoms with van der Waals surface area (Å²) < 4.78 is 4.29. The van der Waals surface area contributed by atoms with Crippen LogP contribution in [0.2, 0.25) is 19.1 Å². The van der Waals surface area contributed by atoms with E-state index in [1.165, 1.54) is 26.8 Å². The summed E-state index contributed by atoms with van der Waals surface area (Å²) in [5, 5.41) is 0. The standard InChI is InChI=1S/C8H29N2Si4/c1-7-9(12-8-2)13-14(5,6)10(3,4)11/h7-8,12-13H2,1-6,11H3/q+1. The monoisotopic (exact) mass is 265 g/mol. The van der Waals surface area contributed by atoms with Crippen LogP contribution < -0.4 is 0 Å². The Balaban J connectivity index is 4.32. The zero-order chi connectivity index (χ0) is 11.4. The van der Waals surface area contributed by atoms with E-state index in [0.29, 0.717) is 0 Å². The van der Waals surface area contributed by atoms with Crippen molar-refractivity contribution in [2.24, 2.45) is 0 Å². The first kappa shape index (κ1) is 14.8. The van der Waals surface area contributed by atoms with Gasteiger partial charge in [-0.2, -0.15) is 0 Å². The highest BCUT2D eigenvalue weighted by Crippen LogP contribution is 2.11. The predicted octanol–water partition coefficient (Wildman–Crippen LogP) is -1.03. The van der Waals surface area contributed by atoms with Crippen LogP contribution in [-0.4, -0.2) is 65.7 Å². The number of nitrogens with zero attached hydrogens (tertiary/aromatic N) is 2. The molecular weight excluding hydrogens is 236 g/mol. The lowest BCUT2D eigenvalue weighted by atomic mass is 10.8. The minimum Gasteiger partial charge on any atom is -0.459 e. The normalized spacial score (nSPS) is 15.6. The van der Waals surface area contributed by atoms with E-state index in [0.717, 1.165) is 0 Å². The van der Waals surface area contributed by atoms with Crippen molar-refractivity contribution in [3.8, 4) is 0 Å². The minimum atomic E-state index is -0.927. The van der Waals surface area contributed by atoms with Crippen molar-refractivity contribution < 1.29 is 3.81 Å². The van der Waals surface area contributed by atoms with Crippen molar-refractivity contribution in [3.05, 3.63) is 0 Å². The molecule has 2 nitrogen and oxygen atoms in total. The Morgan fingerprint density at radius 2 is 1.79 bits per heavy atom. The first-order chi connectivity index (χ1) is 6.24. The molecule has 0 aliphatic heterocycles. The van der Waals surface area contributed by atoms with Crippen molar-refractivity contribution in [2.75, 3.05) is 20.6 Å². The quantitative estimate of drug-likeness (QED) is 0.556. The van der Waals surface area contributed by atoms with E-state index in [4.69, 9.17) is 0 Å². The molecule has 0 saturated carbocycles. The summed E-state index contributed by atoms with van der Waals surface area (Å²) in [6.45, 7) is 11.3. The first-order valence-corrected chi connectivity index (χ1v) is 14.2. The van der Waals surface area contributed by atoms with Gasteiger partial charge in [-0.1, -0.05) is 19.9 Å². The number of rotatable bonds is 6. The maximum absolute atomic E-state index is 2.91. The smallest absolute Gasteiger partial charge is 0.250 e. The van der Waals surface area contributed by atoms with E-state index >= 15 is 0 Å². The summed E-state index contributed by atoms with van der Waals surface area (Å²) >= 11 is 0. The molecule has 0 aromatic heterocycles. The maximum Gasteiger partial charge on any atom is 0.250 e. The molecule has 0 unspecified atom stereocenters. The van der Waals surface area contributed by atoms with Crippen LogP contribution in [0.3, 0.4) is 0 Å². The van der Waals surface area contributed by atoms with Crippen LogP contribution in [0, 0.1) is 0 Å². The highest BCUT2D eigenvalue weighted by atomic mass is 29.2. The van der Waals surface area contributed by atoms with E-state index in [-0.39, 0.29) is 18.9 Å². The fraction of sp³-hybridized carbons (Fsp3) is 1.00. The lowest BCUT2D eigenvalue weighted by molar-refractivity contribution is -0.658. The zero-order valence-electron chi connectivity index (χ0n) is 11.2. The zero-order valence-corrected chi connectivity index (χ0v) is 17.1. The van der Waals surface area contributed by atoms with Crippen molar-refractivity contribution in [1.29, 1.82) is 0 Å². The fourth-order valence-corrected chi connectivity index (χ4v) is 18.5. The van der Waals surface area contributed by atoms with Crippen LogP contribution in [0.25, 0.3) is 0 Å². The highest BCUT2D eigenvalue weighted by Gasteiger charge is 2.38. The average Bonchev–Trinajstić information content (AvgIpc) is 2.01. The molecule has 0 spiro atoms. The lowest BCUT2D eigenvalue weighted by Crippen LogP contribution is -2.66. The van der Waals surface area contributed by atoms with Crippen molar-refractivity contribution in [1.82, 2.24) is 4.23 Å². The molecule has 0 aliphatic carbocycles. The molecule has 0 aromatic rings. The summed E-state index contributed by atoms with van der Waals surface area (Å²) in [4.78, 5) is 0. The van der Waals surface area contributed by atoms with Gasteiger partial charge in [0, 0.05) is 14.1 Å². The summed E-state index contributed by atoms with van der Waals surface area (Å²) in [6.07, 6.45) is 0. The third kappa shape index (κ3) is 4.54. The second-order valence-electron chi connectivity index (χ2n) is 5.69. The van der Waals surface area contributed by atoms with Crippen LogP contribution >= 0.6 is 0 Å². The summed E-state index contributed by atoms with van der Waals surface area (Å²) in [6, 6.07) is 1.46. The molecule has 0 saturated heterocycles. The maximum atomic E-state index is 2.91. The van der Waals surface area contributed by atoms with E-state index in [2.05, 4.69) is 45.3 Å². The molecule has 0 bridgehead atoms. The van der Waals surface area contributed by atoms with Crippen LogP contribution in [0.1, 0.15) is 13.8 Å². The molecule has 0 amide bonds. The summed E-state index contributed by atoms with van der Waals surface area (Å²) in [7, 11) is 5.51. The van der Waals surface area contributed by atoms with Gasteiger partial charge in [-0.25, -0.2) is 0 Å². The second-order valence-corrected chi connectivity index (χ2v) is 24.4. The van der Waals surface area contributed by atoms with E-state index in [1.807, 2.05) is 0 Å². The van der Waals surface area contributed by atoms with Gasteiger partial charge in [-0.05, 0) is 19.6 Å². The Kier molecular flexibility index (Phi) is 6.08. The lowest BCUT2D eigenvalue weighted by Gasteiger charge is -2.44. The van der Waals surface area contributed by atoms with Gasteiger partial charge >= 0.3 is 0 Å². The van der Waals surface area contributed by atoms with Gasteiger partial charge < -0.3 is 8.05 Å². The third-order valence-electron chi connectivity index (χ3n) is 3.41. The van der Waals surface area contributed by atoms with E-state index in [9.17, 15) is 0 Å². The Morgan fingerprint density at radius 3 is 2.07 bits per heavy atom. The predicted molar refractivity (Wildman–Crippen MR) is 79.5 cm³/mol. The van der Waals surface area contributed by atoms with Gasteiger partial charge in [0.15, 0.2) is 0 Å². The Bertz CT molecular complexity index is 167. The second kappa shape index (κ2) is 5.76. The van der Waals surface area contributed by atoms with Gasteiger partial charge in [-0.15, -0.1) is 0 Å². The Labute approximate surface area is 98.8 Å². The molecule has 0 N–H and O–H groups in total. The van der Waals surface area contributed by atoms with Crippen LogP contribution in [0.15, 0.2) is 0 Å². The molecule has 0 fully saturated rings. The van der Waals surface area contributed by atoms with Crippen molar-refractivity contribution in [2.45, 2.75) is 33.0 Å². The van der Waals surface area contributed by atoms with Gasteiger partial charge in [0.2, 0.25) is 18.2 Å². The number of quaternary nitrogens is 1. The van der Waals surface area contributed by atoms with Crippen LogP contribution in [0.5, 0.6) is 0 Å². The SMILES string of the molecule is CC[SiH2]N(CC)[SiH2][Si](C)(C)[N+](C)(C)[SiH3]. The Morgan fingerprint density at radius 1 is 1.29 bits per heavy atom. The summed E-state index contributed by atoms with van der Waals surface area (Å²) in [5.74, 6) is 0. The van der Waals surface area contributed by atoms with Crippen molar-refractivity contribution >= 4 is 37.0 Å². The topological polar surface area (TPSA) is 3.24 Å². The first-order valence-electron chi connectivity index (χ1n) is 5.78. The fourth-order valence-electron chi connectivity index (χ4n) is 1.42. The van der Waals surface area contributed by atoms with Gasteiger partial charge in [0.1, 0.15) is 9.20 Å².